The van der Waals surface area contributed by atoms with E-state index in [-0.39, 0.29) is 17.9 Å². The summed E-state index contributed by atoms with van der Waals surface area (Å²) in [5.74, 6) is -0.722. The molecule has 0 spiro atoms. The number of ether oxygens (including phenoxy) is 1. The van der Waals surface area contributed by atoms with E-state index in [1.165, 1.54) is 4.90 Å². The Balaban J connectivity index is 1.89. The molecule has 2 aliphatic heterocycles. The number of nitrogens with zero attached hydrogens (tertiary/aromatic N) is 3. The van der Waals surface area contributed by atoms with Gasteiger partial charge in [-0.05, 0) is 11.6 Å². The van der Waals surface area contributed by atoms with E-state index in [0.29, 0.717) is 13.2 Å². The van der Waals surface area contributed by atoms with Gasteiger partial charge in [-0.25, -0.2) is 10.4 Å². The molecule has 0 aliphatic carbocycles. The second kappa shape index (κ2) is 5.51. The summed E-state index contributed by atoms with van der Waals surface area (Å²) >= 11 is 0. The third-order valence-electron chi connectivity index (χ3n) is 4.09. The molecule has 0 unspecified atom stereocenters. The van der Waals surface area contributed by atoms with E-state index in [2.05, 4.69) is 10.4 Å². The highest BCUT2D eigenvalue weighted by atomic mass is 16.5. The molecular formula is C14H18N4O3. The van der Waals surface area contributed by atoms with Gasteiger partial charge in [0.15, 0.2) is 0 Å². The van der Waals surface area contributed by atoms with Gasteiger partial charge >= 0.3 is 0 Å². The Morgan fingerprint density at radius 1 is 1.38 bits per heavy atom. The Bertz CT molecular complexity index is 550. The van der Waals surface area contributed by atoms with Gasteiger partial charge in [-0.1, -0.05) is 6.07 Å². The molecule has 2 aliphatic rings. The Hall–Kier alpha value is -1.83. The molecule has 2 amide bonds. The number of rotatable bonds is 4. The van der Waals surface area contributed by atoms with E-state index < -0.39 is 12.0 Å². The zero-order chi connectivity index (χ0) is 15.0. The molecule has 7 nitrogen and oxygen atoms in total. The number of hydrogen-bond acceptors (Lipinski definition) is 6. The van der Waals surface area contributed by atoms with E-state index in [0.717, 1.165) is 5.56 Å². The van der Waals surface area contributed by atoms with E-state index in [1.807, 2.05) is 12.1 Å². The second-order valence-electron chi connectivity index (χ2n) is 5.30. The van der Waals surface area contributed by atoms with Crippen LogP contribution in [0.4, 0.5) is 0 Å². The van der Waals surface area contributed by atoms with Gasteiger partial charge in [0.1, 0.15) is 6.04 Å². The van der Waals surface area contributed by atoms with E-state index >= 15 is 0 Å². The molecule has 3 rings (SSSR count). The Morgan fingerprint density at radius 3 is 2.86 bits per heavy atom. The van der Waals surface area contributed by atoms with Gasteiger partial charge in [0.2, 0.25) is 11.8 Å². The number of methoxy groups -OCH3 is 1. The lowest BCUT2D eigenvalue weighted by Crippen LogP contribution is -2.43. The molecule has 7 heteroatoms. The molecule has 0 radical (unpaired) electrons. The van der Waals surface area contributed by atoms with Crippen LogP contribution >= 0.6 is 0 Å². The van der Waals surface area contributed by atoms with Crippen molar-refractivity contribution in [2.24, 2.45) is 5.92 Å². The Labute approximate surface area is 122 Å². The van der Waals surface area contributed by atoms with Gasteiger partial charge in [0, 0.05) is 26.6 Å². The fraction of sp³-hybridized carbons (Fsp3) is 0.500. The highest BCUT2D eigenvalue weighted by molar-refractivity contribution is 6.07. The number of likely N-dealkylation sites (tertiary alicyclic amines) is 1. The zero-order valence-corrected chi connectivity index (χ0v) is 12.0. The first-order valence-electron chi connectivity index (χ1n) is 6.88. The molecule has 1 aromatic heterocycles. The largest absolute Gasteiger partial charge is 0.383 e. The van der Waals surface area contributed by atoms with Crippen LogP contribution in [0.5, 0.6) is 0 Å². The fourth-order valence-corrected chi connectivity index (χ4v) is 3.09. The summed E-state index contributed by atoms with van der Waals surface area (Å²) in [5, 5.41) is 1.73. The summed E-state index contributed by atoms with van der Waals surface area (Å²) < 4.78 is 4.98. The molecule has 0 aromatic carbocycles. The third kappa shape index (κ3) is 2.23. The van der Waals surface area contributed by atoms with Crippen molar-refractivity contribution in [3.05, 3.63) is 30.1 Å². The average molecular weight is 290 g/mol. The lowest BCUT2D eigenvalue weighted by molar-refractivity contribution is -0.142. The fourth-order valence-electron chi connectivity index (χ4n) is 3.09. The van der Waals surface area contributed by atoms with Crippen LogP contribution in [0.15, 0.2) is 24.5 Å². The molecule has 2 saturated heterocycles. The SMILES string of the molecule is COCCN1C(=O)[C@@H]2[C@@H](c3cccnc3)NN(C)[C@H]2C1=O. The van der Waals surface area contributed by atoms with Gasteiger partial charge in [0.05, 0.1) is 25.1 Å². The van der Waals surface area contributed by atoms with Crippen LogP contribution in [0.1, 0.15) is 11.6 Å². The summed E-state index contributed by atoms with van der Waals surface area (Å²) in [6.07, 6.45) is 3.41. The van der Waals surface area contributed by atoms with Gasteiger partial charge in [-0.15, -0.1) is 0 Å². The molecule has 3 atom stereocenters. The maximum absolute atomic E-state index is 12.6. The molecule has 0 bridgehead atoms. The van der Waals surface area contributed by atoms with Crippen molar-refractivity contribution in [2.45, 2.75) is 12.1 Å². The summed E-state index contributed by atoms with van der Waals surface area (Å²) in [6, 6.07) is 3.06. The maximum Gasteiger partial charge on any atom is 0.248 e. The highest BCUT2D eigenvalue weighted by Crippen LogP contribution is 2.38. The van der Waals surface area contributed by atoms with Crippen molar-refractivity contribution in [2.75, 3.05) is 27.3 Å². The predicted octanol–water partition coefficient (Wildman–Crippen LogP) is -0.427. The standard InChI is InChI=1S/C14H18N4O3/c1-17-12-10(11(16-17)9-4-3-5-15-8-9)13(19)18(14(12)20)6-7-21-2/h3-5,8,10-12,16H,6-7H2,1-2H3/t10-,11-,12-/m1/s1. The van der Waals surface area contributed by atoms with Crippen molar-refractivity contribution >= 4 is 11.8 Å². The smallest absolute Gasteiger partial charge is 0.248 e. The number of aromatic nitrogens is 1. The molecule has 112 valence electrons. The molecule has 2 fully saturated rings. The topological polar surface area (TPSA) is 74.8 Å². The number of likely N-dealkylation sites (N-methyl/N-ethyl adjacent to an activating group) is 1. The highest BCUT2D eigenvalue weighted by Gasteiger charge is 2.57. The minimum absolute atomic E-state index is 0.146. The summed E-state index contributed by atoms with van der Waals surface area (Å²) in [5.41, 5.74) is 4.11. The van der Waals surface area contributed by atoms with Crippen molar-refractivity contribution in [3.63, 3.8) is 0 Å². The van der Waals surface area contributed by atoms with Crippen LogP contribution in [-0.2, 0) is 14.3 Å². The first-order chi connectivity index (χ1) is 10.1. The van der Waals surface area contributed by atoms with Crippen molar-refractivity contribution in [3.8, 4) is 0 Å². The quantitative estimate of drug-likeness (QED) is 0.759. The van der Waals surface area contributed by atoms with E-state index in [4.69, 9.17) is 4.74 Å². The van der Waals surface area contributed by atoms with Crippen molar-refractivity contribution < 1.29 is 14.3 Å². The number of amides is 2. The Kier molecular flexibility index (Phi) is 3.71. The average Bonchev–Trinajstić information content (AvgIpc) is 2.96. The number of imide groups is 1. The number of hydrogen-bond donors (Lipinski definition) is 1. The molecule has 3 heterocycles. The second-order valence-corrected chi connectivity index (χ2v) is 5.30. The minimum Gasteiger partial charge on any atom is -0.383 e. The van der Waals surface area contributed by atoms with Crippen molar-refractivity contribution in [1.82, 2.24) is 20.3 Å². The van der Waals surface area contributed by atoms with Gasteiger partial charge in [-0.3, -0.25) is 19.5 Å². The number of pyridine rings is 1. The first-order valence-corrected chi connectivity index (χ1v) is 6.88. The maximum atomic E-state index is 12.6. The molecular weight excluding hydrogens is 272 g/mol. The lowest BCUT2D eigenvalue weighted by Gasteiger charge is -2.21. The van der Waals surface area contributed by atoms with Crippen LogP contribution in [-0.4, -0.2) is 60.1 Å². The minimum atomic E-state index is -0.459. The van der Waals surface area contributed by atoms with Crippen LogP contribution < -0.4 is 5.43 Å². The lowest BCUT2D eigenvalue weighted by atomic mass is 9.92. The van der Waals surface area contributed by atoms with Crippen LogP contribution in [0, 0.1) is 5.92 Å². The van der Waals surface area contributed by atoms with Crippen LogP contribution in [0.3, 0.4) is 0 Å². The van der Waals surface area contributed by atoms with E-state index in [9.17, 15) is 9.59 Å². The monoisotopic (exact) mass is 290 g/mol. The summed E-state index contributed by atoms with van der Waals surface area (Å²) in [4.78, 5) is 30.4. The number of carbonyl (C=O) groups excluding carboxylic acids is 2. The number of carbonyl (C=O) groups is 2. The van der Waals surface area contributed by atoms with Crippen LogP contribution in [0.25, 0.3) is 0 Å². The molecule has 1 N–H and O–H groups in total. The third-order valence-corrected chi connectivity index (χ3v) is 4.09. The summed E-state index contributed by atoms with van der Waals surface area (Å²) in [7, 11) is 3.34. The van der Waals surface area contributed by atoms with Crippen molar-refractivity contribution in [1.29, 1.82) is 0 Å². The van der Waals surface area contributed by atoms with Gasteiger partial charge in [-0.2, -0.15) is 0 Å². The number of nitrogens with one attached hydrogen (secondary N) is 1. The van der Waals surface area contributed by atoms with Crippen LogP contribution in [0.2, 0.25) is 0 Å². The molecule has 21 heavy (non-hydrogen) atoms. The Morgan fingerprint density at radius 2 is 2.19 bits per heavy atom. The van der Waals surface area contributed by atoms with Gasteiger partial charge < -0.3 is 4.74 Å². The number of fused-ring (bicyclic) bond motifs is 1. The molecule has 0 saturated carbocycles. The molecule has 1 aromatic rings. The zero-order valence-electron chi connectivity index (χ0n) is 12.0. The van der Waals surface area contributed by atoms with E-state index in [1.54, 1.807) is 31.6 Å². The first kappa shape index (κ1) is 14.1. The predicted molar refractivity (Wildman–Crippen MR) is 73.8 cm³/mol. The number of hydrazine groups is 1. The summed E-state index contributed by atoms with van der Waals surface area (Å²) in [6.45, 7) is 0.653. The van der Waals surface area contributed by atoms with Gasteiger partial charge in [0.25, 0.3) is 0 Å². The normalized spacial score (nSPS) is 29.2.